The molecule has 0 rings (SSSR count). The minimum atomic E-state index is -0.706. The van der Waals surface area contributed by atoms with Gasteiger partial charge in [-0.3, -0.25) is 4.79 Å². The summed E-state index contributed by atoms with van der Waals surface area (Å²) in [6, 6.07) is 0. The third-order valence-corrected chi connectivity index (χ3v) is 2.39. The van der Waals surface area contributed by atoms with Crippen molar-refractivity contribution < 1.29 is 9.90 Å². The lowest BCUT2D eigenvalue weighted by atomic mass is 9.88. The number of likely N-dealkylation sites (N-methyl/N-ethyl adjacent to an activating group) is 1. The van der Waals surface area contributed by atoms with Gasteiger partial charge in [0.05, 0.1) is 6.10 Å². The summed E-state index contributed by atoms with van der Waals surface area (Å²) in [6.07, 6.45) is 1.85. The van der Waals surface area contributed by atoms with Crippen LogP contribution in [-0.2, 0) is 4.79 Å². The predicted octanol–water partition coefficient (Wildman–Crippen LogP) is 0.385. The van der Waals surface area contributed by atoms with E-state index in [4.69, 9.17) is 0 Å². The van der Waals surface area contributed by atoms with Gasteiger partial charge in [0.2, 0.25) is 5.91 Å². The van der Waals surface area contributed by atoms with Crippen molar-refractivity contribution in [3.8, 4) is 0 Å². The zero-order chi connectivity index (χ0) is 11.2. The molecule has 0 aromatic heterocycles. The van der Waals surface area contributed by atoms with Gasteiger partial charge < -0.3 is 15.7 Å². The fraction of sp³-hybridized carbons (Fsp3) is 0.700. The van der Waals surface area contributed by atoms with Gasteiger partial charge in [-0.1, -0.05) is 13.5 Å². The number of carbonyl (C=O) groups is 1. The Kier molecular flexibility index (Phi) is 5.42. The van der Waals surface area contributed by atoms with Crippen LogP contribution < -0.4 is 10.6 Å². The average Bonchev–Trinajstić information content (AvgIpc) is 2.14. The summed E-state index contributed by atoms with van der Waals surface area (Å²) in [5.74, 6) is -0.154. The predicted molar refractivity (Wildman–Crippen MR) is 56.7 cm³/mol. The van der Waals surface area contributed by atoms with E-state index in [2.05, 4.69) is 17.2 Å². The van der Waals surface area contributed by atoms with Crippen LogP contribution in [0.5, 0.6) is 0 Å². The number of nitrogens with one attached hydrogen (secondary N) is 2. The summed E-state index contributed by atoms with van der Waals surface area (Å²) >= 11 is 0. The highest BCUT2D eigenvalue weighted by Gasteiger charge is 2.35. The van der Waals surface area contributed by atoms with Crippen LogP contribution in [0.2, 0.25) is 0 Å². The highest BCUT2D eigenvalue weighted by molar-refractivity contribution is 5.87. The van der Waals surface area contributed by atoms with E-state index in [0.29, 0.717) is 12.8 Å². The maximum absolute atomic E-state index is 11.7. The molecule has 0 aromatic rings. The molecule has 82 valence electrons. The van der Waals surface area contributed by atoms with Gasteiger partial charge in [-0.2, -0.15) is 0 Å². The van der Waals surface area contributed by atoms with Gasteiger partial charge in [-0.25, -0.2) is 0 Å². The molecule has 0 aliphatic rings. The fourth-order valence-corrected chi connectivity index (χ4v) is 1.53. The van der Waals surface area contributed by atoms with Crippen molar-refractivity contribution in [3.05, 3.63) is 12.8 Å². The Balaban J connectivity index is 4.67. The molecule has 0 fully saturated rings. The molecule has 4 nitrogen and oxygen atoms in total. The van der Waals surface area contributed by atoms with Crippen LogP contribution in [0.25, 0.3) is 0 Å². The maximum atomic E-state index is 11.7. The van der Waals surface area contributed by atoms with Gasteiger partial charge in [-0.15, -0.1) is 0 Å². The molecule has 0 heterocycles. The molecule has 1 amide bonds. The van der Waals surface area contributed by atoms with E-state index in [1.54, 1.807) is 14.0 Å². The van der Waals surface area contributed by atoms with Crippen molar-refractivity contribution >= 4 is 5.91 Å². The first-order valence-corrected chi connectivity index (χ1v) is 4.81. The zero-order valence-corrected chi connectivity index (χ0v) is 9.13. The Labute approximate surface area is 85.4 Å². The second-order valence-electron chi connectivity index (χ2n) is 3.42. The second kappa shape index (κ2) is 5.78. The molecule has 0 bridgehead atoms. The summed E-state index contributed by atoms with van der Waals surface area (Å²) in [4.78, 5) is 11.7. The van der Waals surface area contributed by atoms with E-state index in [0.717, 1.165) is 0 Å². The first kappa shape index (κ1) is 13.1. The summed E-state index contributed by atoms with van der Waals surface area (Å²) in [6.45, 7) is 7.01. The molecule has 0 radical (unpaired) electrons. The molecule has 0 aliphatic heterocycles. The van der Waals surface area contributed by atoms with E-state index in [1.165, 1.54) is 6.20 Å². The minimum Gasteiger partial charge on any atom is -0.393 e. The highest BCUT2D eigenvalue weighted by Crippen LogP contribution is 2.17. The van der Waals surface area contributed by atoms with E-state index in [1.807, 2.05) is 6.92 Å². The maximum Gasteiger partial charge on any atom is 0.244 e. The lowest BCUT2D eigenvalue weighted by molar-refractivity contribution is -0.128. The number of hydrogen-bond donors (Lipinski definition) is 3. The summed E-state index contributed by atoms with van der Waals surface area (Å²) in [5, 5.41) is 14.8. The average molecular weight is 200 g/mol. The summed E-state index contributed by atoms with van der Waals surface area (Å²) < 4.78 is 0. The molecule has 14 heavy (non-hydrogen) atoms. The number of carbonyl (C=O) groups excluding carboxylic acids is 1. The van der Waals surface area contributed by atoms with Gasteiger partial charge in [0.25, 0.3) is 0 Å². The normalized spacial score (nSPS) is 16.9. The molecule has 0 saturated carbocycles. The summed E-state index contributed by atoms with van der Waals surface area (Å²) in [7, 11) is 1.72. The Morgan fingerprint density at radius 3 is 2.57 bits per heavy atom. The molecule has 2 unspecified atom stereocenters. The Morgan fingerprint density at radius 2 is 2.29 bits per heavy atom. The molecular weight excluding hydrogens is 180 g/mol. The standard InChI is InChI=1S/C10H20N2O2/c1-5-10(11-4,7-8(3)13)9(14)12-6-2/h6,8,11,13H,2,5,7H2,1,3-4H3,(H,12,14). The van der Waals surface area contributed by atoms with Gasteiger partial charge in [-0.05, 0) is 26.6 Å². The SMILES string of the molecule is C=CNC(=O)C(CC)(CC(C)O)NC. The molecular formula is C10H20N2O2. The van der Waals surface area contributed by atoms with Gasteiger partial charge in [0.15, 0.2) is 0 Å². The van der Waals surface area contributed by atoms with Crippen molar-refractivity contribution in [1.29, 1.82) is 0 Å². The molecule has 0 aromatic carbocycles. The first-order valence-electron chi connectivity index (χ1n) is 4.81. The molecule has 0 spiro atoms. The summed E-state index contributed by atoms with van der Waals surface area (Å²) in [5.41, 5.74) is -0.706. The van der Waals surface area contributed by atoms with Crippen LogP contribution in [0.1, 0.15) is 26.7 Å². The lowest BCUT2D eigenvalue weighted by Crippen LogP contribution is -2.55. The van der Waals surface area contributed by atoms with E-state index >= 15 is 0 Å². The van der Waals surface area contributed by atoms with Crippen molar-refractivity contribution in [3.63, 3.8) is 0 Å². The zero-order valence-electron chi connectivity index (χ0n) is 9.13. The first-order chi connectivity index (χ1) is 6.52. The molecule has 0 aliphatic carbocycles. The molecule has 2 atom stereocenters. The molecule has 3 N–H and O–H groups in total. The number of aliphatic hydroxyl groups excluding tert-OH is 1. The smallest absolute Gasteiger partial charge is 0.244 e. The van der Waals surface area contributed by atoms with Crippen molar-refractivity contribution in [2.75, 3.05) is 7.05 Å². The van der Waals surface area contributed by atoms with E-state index in [9.17, 15) is 9.90 Å². The van der Waals surface area contributed by atoms with Crippen LogP contribution in [0.4, 0.5) is 0 Å². The van der Waals surface area contributed by atoms with Crippen molar-refractivity contribution in [2.45, 2.75) is 38.3 Å². The van der Waals surface area contributed by atoms with Gasteiger partial charge >= 0.3 is 0 Å². The van der Waals surface area contributed by atoms with E-state index in [-0.39, 0.29) is 5.91 Å². The molecule has 0 saturated heterocycles. The van der Waals surface area contributed by atoms with Crippen LogP contribution in [-0.4, -0.2) is 29.7 Å². The third-order valence-electron chi connectivity index (χ3n) is 2.39. The lowest BCUT2D eigenvalue weighted by Gasteiger charge is -2.31. The van der Waals surface area contributed by atoms with Crippen molar-refractivity contribution in [1.82, 2.24) is 10.6 Å². The monoisotopic (exact) mass is 200 g/mol. The van der Waals surface area contributed by atoms with Crippen LogP contribution in [0, 0.1) is 0 Å². The quantitative estimate of drug-likeness (QED) is 0.581. The topological polar surface area (TPSA) is 61.4 Å². The van der Waals surface area contributed by atoms with E-state index < -0.39 is 11.6 Å². The fourth-order valence-electron chi connectivity index (χ4n) is 1.53. The van der Waals surface area contributed by atoms with Crippen molar-refractivity contribution in [2.24, 2.45) is 0 Å². The number of aliphatic hydroxyl groups is 1. The largest absolute Gasteiger partial charge is 0.393 e. The highest BCUT2D eigenvalue weighted by atomic mass is 16.3. The van der Waals surface area contributed by atoms with Gasteiger partial charge in [0, 0.05) is 6.42 Å². The van der Waals surface area contributed by atoms with Gasteiger partial charge in [0.1, 0.15) is 5.54 Å². The van der Waals surface area contributed by atoms with Crippen LogP contribution >= 0.6 is 0 Å². The number of hydrogen-bond acceptors (Lipinski definition) is 3. The number of rotatable bonds is 6. The Hall–Kier alpha value is -0.870. The Bertz CT molecular complexity index is 198. The van der Waals surface area contributed by atoms with Crippen LogP contribution in [0.15, 0.2) is 12.8 Å². The second-order valence-corrected chi connectivity index (χ2v) is 3.42. The molecule has 4 heteroatoms. The third kappa shape index (κ3) is 3.12. The number of amides is 1. The Morgan fingerprint density at radius 1 is 1.71 bits per heavy atom. The van der Waals surface area contributed by atoms with Crippen LogP contribution in [0.3, 0.4) is 0 Å². The minimum absolute atomic E-state index is 0.154.